The van der Waals surface area contributed by atoms with Crippen LogP contribution in [0.1, 0.15) is 25.3 Å². The van der Waals surface area contributed by atoms with E-state index in [2.05, 4.69) is 0 Å². The second-order valence-corrected chi connectivity index (χ2v) is 6.77. The lowest BCUT2D eigenvalue weighted by molar-refractivity contribution is -0.141. The van der Waals surface area contributed by atoms with Crippen LogP contribution in [-0.2, 0) is 9.59 Å². The van der Waals surface area contributed by atoms with E-state index in [1.807, 2.05) is 6.08 Å². The van der Waals surface area contributed by atoms with Gasteiger partial charge in [0.2, 0.25) is 0 Å². The van der Waals surface area contributed by atoms with Crippen molar-refractivity contribution in [1.29, 1.82) is 5.41 Å². The Morgan fingerprint density at radius 1 is 1.54 bits per heavy atom. The van der Waals surface area contributed by atoms with Gasteiger partial charge in [0.05, 0.1) is 5.92 Å². The lowest BCUT2D eigenvalue weighted by atomic mass is 10.1. The lowest BCUT2D eigenvalue weighted by Crippen LogP contribution is -2.21. The van der Waals surface area contributed by atoms with Crippen molar-refractivity contribution in [3.63, 3.8) is 0 Å². The number of amidine groups is 1. The van der Waals surface area contributed by atoms with Gasteiger partial charge in [0, 0.05) is 5.56 Å². The number of thioether (sulfide) groups is 1. The van der Waals surface area contributed by atoms with E-state index in [1.54, 1.807) is 6.92 Å². The SMILES string of the molecule is CC(CC1=CCC(C(=O)Oc2ccc(C(=N)N)cc2F)S1)C(=O)O. The minimum atomic E-state index is -0.893. The van der Waals surface area contributed by atoms with E-state index in [0.717, 1.165) is 11.0 Å². The maximum Gasteiger partial charge on any atom is 0.325 e. The number of carboxylic acids is 1. The second-order valence-electron chi connectivity index (χ2n) is 5.44. The van der Waals surface area contributed by atoms with Crippen LogP contribution in [0.3, 0.4) is 0 Å². The molecule has 1 heterocycles. The minimum absolute atomic E-state index is 0.203. The number of carbonyl (C=O) groups is 2. The number of rotatable bonds is 6. The molecule has 2 unspecified atom stereocenters. The smallest absolute Gasteiger partial charge is 0.325 e. The molecule has 0 fully saturated rings. The maximum atomic E-state index is 13.9. The average molecular weight is 352 g/mol. The number of nitrogen functional groups attached to an aromatic ring is 1. The van der Waals surface area contributed by atoms with Crippen molar-refractivity contribution >= 4 is 29.5 Å². The normalized spacial score (nSPS) is 17.9. The van der Waals surface area contributed by atoms with E-state index >= 15 is 0 Å². The van der Waals surface area contributed by atoms with Gasteiger partial charge in [0.25, 0.3) is 0 Å². The summed E-state index contributed by atoms with van der Waals surface area (Å²) < 4.78 is 18.9. The standard InChI is InChI=1S/C16H17FN2O4S/c1-8(15(20)21)6-10-3-5-13(24-10)16(22)23-12-4-2-9(14(18)19)7-11(12)17/h2-4,7-8,13H,5-6H2,1H3,(H3,18,19)(H,20,21). The topological polar surface area (TPSA) is 113 Å². The number of esters is 1. The fourth-order valence-electron chi connectivity index (χ4n) is 2.11. The van der Waals surface area contributed by atoms with E-state index < -0.39 is 28.9 Å². The van der Waals surface area contributed by atoms with Crippen LogP contribution >= 0.6 is 11.8 Å². The number of hydrogen-bond acceptors (Lipinski definition) is 5. The van der Waals surface area contributed by atoms with Crippen LogP contribution in [0.5, 0.6) is 5.75 Å². The summed E-state index contributed by atoms with van der Waals surface area (Å²) in [6, 6.07) is 3.68. The van der Waals surface area contributed by atoms with E-state index in [-0.39, 0.29) is 17.1 Å². The first-order valence-corrected chi connectivity index (χ1v) is 8.10. The molecule has 0 amide bonds. The number of nitrogens with two attached hydrogens (primary N) is 1. The van der Waals surface area contributed by atoms with Gasteiger partial charge < -0.3 is 15.6 Å². The molecule has 4 N–H and O–H groups in total. The molecule has 2 rings (SSSR count). The minimum Gasteiger partial charge on any atom is -0.481 e. The van der Waals surface area contributed by atoms with Crippen LogP contribution in [0.15, 0.2) is 29.2 Å². The predicted molar refractivity (Wildman–Crippen MR) is 88.5 cm³/mol. The first-order chi connectivity index (χ1) is 11.3. The third-order valence-corrected chi connectivity index (χ3v) is 4.80. The van der Waals surface area contributed by atoms with Crippen molar-refractivity contribution in [2.75, 3.05) is 0 Å². The molecule has 0 aromatic heterocycles. The van der Waals surface area contributed by atoms with Gasteiger partial charge in [0.1, 0.15) is 11.1 Å². The summed E-state index contributed by atoms with van der Waals surface area (Å²) >= 11 is 1.24. The number of allylic oxidation sites excluding steroid dienone is 2. The highest BCUT2D eigenvalue weighted by Crippen LogP contribution is 2.37. The Kier molecular flexibility index (Phi) is 5.61. The molecule has 24 heavy (non-hydrogen) atoms. The Bertz CT molecular complexity index is 720. The highest BCUT2D eigenvalue weighted by molar-refractivity contribution is 8.04. The number of hydrogen-bond donors (Lipinski definition) is 3. The van der Waals surface area contributed by atoms with E-state index in [0.29, 0.717) is 12.8 Å². The molecule has 0 spiro atoms. The number of nitrogens with one attached hydrogen (secondary N) is 1. The molecule has 8 heteroatoms. The Labute approximate surface area is 142 Å². The summed E-state index contributed by atoms with van der Waals surface area (Å²) in [5, 5.41) is 15.6. The molecule has 128 valence electrons. The van der Waals surface area contributed by atoms with Gasteiger partial charge in [-0.2, -0.15) is 0 Å². The van der Waals surface area contributed by atoms with Gasteiger partial charge in [0.15, 0.2) is 11.6 Å². The fourth-order valence-corrected chi connectivity index (χ4v) is 3.35. The van der Waals surface area contributed by atoms with Crippen molar-refractivity contribution in [2.45, 2.75) is 25.0 Å². The van der Waals surface area contributed by atoms with Crippen molar-refractivity contribution < 1.29 is 23.8 Å². The Balaban J connectivity index is 1.95. The summed E-state index contributed by atoms with van der Waals surface area (Å²) in [5.74, 6) is -3.29. The van der Waals surface area contributed by atoms with E-state index in [1.165, 1.54) is 23.9 Å². The highest BCUT2D eigenvalue weighted by Gasteiger charge is 2.29. The van der Waals surface area contributed by atoms with Gasteiger partial charge in [-0.1, -0.05) is 13.0 Å². The van der Waals surface area contributed by atoms with Gasteiger partial charge >= 0.3 is 11.9 Å². The van der Waals surface area contributed by atoms with Crippen LogP contribution in [0.4, 0.5) is 4.39 Å². The molecular formula is C16H17FN2O4S. The first kappa shape index (κ1) is 18.0. The Morgan fingerprint density at radius 2 is 2.25 bits per heavy atom. The number of halogens is 1. The van der Waals surface area contributed by atoms with Gasteiger partial charge in [-0.3, -0.25) is 15.0 Å². The molecule has 0 saturated carbocycles. The van der Waals surface area contributed by atoms with Crippen molar-refractivity contribution in [2.24, 2.45) is 11.7 Å². The van der Waals surface area contributed by atoms with E-state index in [4.69, 9.17) is 21.0 Å². The number of benzene rings is 1. The monoisotopic (exact) mass is 352 g/mol. The lowest BCUT2D eigenvalue weighted by Gasteiger charge is -2.12. The summed E-state index contributed by atoms with van der Waals surface area (Å²) in [6.07, 6.45) is 2.58. The molecular weight excluding hydrogens is 335 g/mol. The predicted octanol–water partition coefficient (Wildman–Crippen LogP) is 2.52. The molecule has 2 atom stereocenters. The second kappa shape index (κ2) is 7.48. The van der Waals surface area contributed by atoms with Gasteiger partial charge in [-0.25, -0.2) is 4.39 Å². The Hall–Kier alpha value is -2.35. The molecule has 0 bridgehead atoms. The van der Waals surface area contributed by atoms with Crippen molar-refractivity contribution in [3.8, 4) is 5.75 Å². The number of ether oxygens (including phenoxy) is 1. The zero-order valence-corrected chi connectivity index (χ0v) is 13.7. The molecule has 1 aromatic rings. The number of carboxylic acid groups (broad SMARTS) is 1. The molecule has 1 aromatic carbocycles. The zero-order chi connectivity index (χ0) is 17.9. The quantitative estimate of drug-likeness (QED) is 0.314. The average Bonchev–Trinajstić information content (AvgIpc) is 2.97. The van der Waals surface area contributed by atoms with Gasteiger partial charge in [-0.05, 0) is 35.9 Å². The van der Waals surface area contributed by atoms with Crippen LogP contribution in [0.2, 0.25) is 0 Å². The van der Waals surface area contributed by atoms with Crippen LogP contribution in [0, 0.1) is 17.1 Å². The zero-order valence-electron chi connectivity index (χ0n) is 12.9. The molecule has 0 radical (unpaired) electrons. The van der Waals surface area contributed by atoms with Crippen molar-refractivity contribution in [1.82, 2.24) is 0 Å². The number of carbonyl (C=O) groups excluding carboxylic acids is 1. The summed E-state index contributed by atoms with van der Waals surface area (Å²) in [6.45, 7) is 1.60. The molecule has 0 aliphatic carbocycles. The highest BCUT2D eigenvalue weighted by atomic mass is 32.2. The van der Waals surface area contributed by atoms with E-state index in [9.17, 15) is 14.0 Å². The third-order valence-electron chi connectivity index (χ3n) is 3.50. The summed E-state index contributed by atoms with van der Waals surface area (Å²) in [7, 11) is 0. The molecule has 1 aliphatic rings. The van der Waals surface area contributed by atoms with Crippen LogP contribution < -0.4 is 10.5 Å². The van der Waals surface area contributed by atoms with Crippen LogP contribution in [0.25, 0.3) is 0 Å². The summed E-state index contributed by atoms with van der Waals surface area (Å²) in [4.78, 5) is 23.8. The largest absolute Gasteiger partial charge is 0.481 e. The van der Waals surface area contributed by atoms with Crippen LogP contribution in [-0.4, -0.2) is 28.1 Å². The van der Waals surface area contributed by atoms with Gasteiger partial charge in [-0.15, -0.1) is 11.8 Å². The fraction of sp³-hybridized carbons (Fsp3) is 0.312. The molecule has 0 saturated heterocycles. The third kappa shape index (κ3) is 4.35. The maximum absolute atomic E-state index is 13.9. The first-order valence-electron chi connectivity index (χ1n) is 7.22. The number of aliphatic carboxylic acids is 1. The molecule has 6 nitrogen and oxygen atoms in total. The summed E-state index contributed by atoms with van der Waals surface area (Å²) in [5.41, 5.74) is 5.47. The molecule has 1 aliphatic heterocycles. The van der Waals surface area contributed by atoms with Crippen molar-refractivity contribution in [3.05, 3.63) is 40.6 Å². The Morgan fingerprint density at radius 3 is 2.83 bits per heavy atom.